The number of benzene rings is 1. The van der Waals surface area contributed by atoms with Crippen LogP contribution in [0.2, 0.25) is 0 Å². The quantitative estimate of drug-likeness (QED) is 0.750. The lowest BCUT2D eigenvalue weighted by molar-refractivity contribution is -0.130. The molecule has 32 heavy (non-hydrogen) atoms. The number of likely N-dealkylation sites (tertiary alicyclic amines) is 1. The average Bonchev–Trinajstić information content (AvgIpc) is 2.77. The van der Waals surface area contributed by atoms with Crippen molar-refractivity contribution < 1.29 is 33.6 Å². The van der Waals surface area contributed by atoms with E-state index in [9.17, 15) is 9.59 Å². The first-order valence-corrected chi connectivity index (χ1v) is 11.0. The molecule has 1 saturated heterocycles. The van der Waals surface area contributed by atoms with E-state index in [1.54, 1.807) is 26.0 Å². The number of aliphatic hydroxyl groups is 1. The third-order valence-electron chi connectivity index (χ3n) is 5.58. The van der Waals surface area contributed by atoms with Gasteiger partial charge in [-0.1, -0.05) is 0 Å². The highest BCUT2D eigenvalue weighted by atomic mass is 16.6. The summed E-state index contributed by atoms with van der Waals surface area (Å²) in [6.45, 7) is 9.15. The highest BCUT2D eigenvalue weighted by Crippen LogP contribution is 2.35. The topological polar surface area (TPSA) is 94.5 Å². The minimum atomic E-state index is -0.426. The van der Waals surface area contributed by atoms with Crippen molar-refractivity contribution in [3.05, 3.63) is 23.3 Å². The first kappa shape index (κ1) is 25.9. The molecule has 180 valence electrons. The zero-order valence-corrected chi connectivity index (χ0v) is 20.1. The van der Waals surface area contributed by atoms with Crippen molar-refractivity contribution in [3.8, 4) is 11.5 Å². The van der Waals surface area contributed by atoms with Crippen molar-refractivity contribution in [1.82, 2.24) is 4.90 Å². The van der Waals surface area contributed by atoms with Gasteiger partial charge in [-0.05, 0) is 58.6 Å². The molecular weight excluding hydrogens is 414 g/mol. The molecule has 2 heterocycles. The number of fused-ring (bicyclic) bond motifs is 1. The summed E-state index contributed by atoms with van der Waals surface area (Å²) < 4.78 is 21.4. The number of piperidine rings is 1. The largest absolute Gasteiger partial charge is 0.496 e. The van der Waals surface area contributed by atoms with E-state index in [0.717, 1.165) is 35.5 Å². The molecule has 1 fully saturated rings. The average molecular weight is 452 g/mol. The highest BCUT2D eigenvalue weighted by Gasteiger charge is 2.28. The minimum absolute atomic E-state index is 0.0422. The van der Waals surface area contributed by atoms with Gasteiger partial charge in [0.15, 0.2) is 5.78 Å². The van der Waals surface area contributed by atoms with Gasteiger partial charge in [0, 0.05) is 37.2 Å². The summed E-state index contributed by atoms with van der Waals surface area (Å²) in [6, 6.07) is 3.72. The third-order valence-corrected chi connectivity index (χ3v) is 5.58. The van der Waals surface area contributed by atoms with Crippen LogP contribution in [-0.2, 0) is 27.3 Å². The Balaban J connectivity index is 0.000000229. The third kappa shape index (κ3) is 7.10. The van der Waals surface area contributed by atoms with Gasteiger partial charge < -0.3 is 29.0 Å². The Labute approximate surface area is 190 Å². The fourth-order valence-electron chi connectivity index (χ4n) is 3.73. The zero-order valence-electron chi connectivity index (χ0n) is 20.1. The van der Waals surface area contributed by atoms with E-state index in [4.69, 9.17) is 24.1 Å². The molecule has 0 radical (unpaired) electrons. The zero-order chi connectivity index (χ0) is 23.9. The van der Waals surface area contributed by atoms with Crippen LogP contribution in [0.15, 0.2) is 12.1 Å². The SMILES string of the molecule is CC(C)(C)OC(=O)N1CCC(CO)CC1.COc1ccc(OC)c2c1COC(C(C)=O)C2. The number of aliphatic hydroxyl groups excluding tert-OH is 1. The number of rotatable bonds is 4. The summed E-state index contributed by atoms with van der Waals surface area (Å²) >= 11 is 0. The smallest absolute Gasteiger partial charge is 0.410 e. The van der Waals surface area contributed by atoms with Crippen LogP contribution in [0.5, 0.6) is 11.5 Å². The molecule has 1 N–H and O–H groups in total. The molecule has 2 aliphatic rings. The van der Waals surface area contributed by atoms with Gasteiger partial charge >= 0.3 is 6.09 Å². The summed E-state index contributed by atoms with van der Waals surface area (Å²) in [5, 5.41) is 8.97. The maximum Gasteiger partial charge on any atom is 0.410 e. The Morgan fingerprint density at radius 1 is 1.09 bits per heavy atom. The second-order valence-corrected chi connectivity index (χ2v) is 9.13. The van der Waals surface area contributed by atoms with Gasteiger partial charge in [-0.2, -0.15) is 0 Å². The number of methoxy groups -OCH3 is 2. The molecular formula is C24H37NO7. The van der Waals surface area contributed by atoms with Gasteiger partial charge in [-0.15, -0.1) is 0 Å². The molecule has 0 saturated carbocycles. The molecule has 1 amide bonds. The lowest BCUT2D eigenvalue weighted by Gasteiger charge is -2.32. The Kier molecular flexibility index (Phi) is 9.33. The van der Waals surface area contributed by atoms with E-state index in [-0.39, 0.29) is 24.6 Å². The van der Waals surface area contributed by atoms with Gasteiger partial charge in [0.1, 0.15) is 23.2 Å². The molecule has 8 heteroatoms. The van der Waals surface area contributed by atoms with Crippen LogP contribution in [0.3, 0.4) is 0 Å². The summed E-state index contributed by atoms with van der Waals surface area (Å²) in [5.74, 6) is 1.96. The number of ketones is 1. The number of hydrogen-bond donors (Lipinski definition) is 1. The monoisotopic (exact) mass is 451 g/mol. The van der Waals surface area contributed by atoms with E-state index < -0.39 is 5.60 Å². The van der Waals surface area contributed by atoms with Crippen LogP contribution in [0.4, 0.5) is 4.79 Å². The van der Waals surface area contributed by atoms with Crippen molar-refractivity contribution in [2.45, 2.75) is 65.3 Å². The molecule has 8 nitrogen and oxygen atoms in total. The molecule has 1 aromatic carbocycles. The maximum absolute atomic E-state index is 11.6. The first-order valence-electron chi connectivity index (χ1n) is 11.0. The Bertz CT molecular complexity index is 779. The van der Waals surface area contributed by atoms with Gasteiger partial charge in [-0.3, -0.25) is 4.79 Å². The molecule has 0 aromatic heterocycles. The number of carbonyl (C=O) groups excluding carboxylic acids is 2. The fraction of sp³-hybridized carbons (Fsp3) is 0.667. The van der Waals surface area contributed by atoms with Crippen LogP contribution < -0.4 is 9.47 Å². The Morgan fingerprint density at radius 3 is 2.12 bits per heavy atom. The number of amides is 1. The second kappa shape index (κ2) is 11.5. The molecule has 1 unspecified atom stereocenters. The second-order valence-electron chi connectivity index (χ2n) is 9.13. The molecule has 1 aromatic rings. The van der Waals surface area contributed by atoms with Crippen molar-refractivity contribution in [3.63, 3.8) is 0 Å². The van der Waals surface area contributed by atoms with Crippen molar-refractivity contribution >= 4 is 11.9 Å². The lowest BCUT2D eigenvalue weighted by Crippen LogP contribution is -2.42. The Morgan fingerprint density at radius 2 is 1.66 bits per heavy atom. The number of Topliss-reactive ketones (excluding diaryl/α,β-unsaturated/α-hetero) is 1. The normalized spacial score (nSPS) is 18.7. The number of hydrogen-bond acceptors (Lipinski definition) is 7. The molecule has 3 rings (SSSR count). The van der Waals surface area contributed by atoms with Crippen LogP contribution in [-0.4, -0.2) is 67.5 Å². The van der Waals surface area contributed by atoms with Crippen molar-refractivity contribution in [2.75, 3.05) is 33.9 Å². The number of carbonyl (C=O) groups is 2. The predicted octanol–water partition coefficient (Wildman–Crippen LogP) is 3.36. The molecule has 0 spiro atoms. The summed E-state index contributed by atoms with van der Waals surface area (Å²) in [4.78, 5) is 24.7. The van der Waals surface area contributed by atoms with Crippen LogP contribution in [0, 0.1) is 5.92 Å². The van der Waals surface area contributed by atoms with Crippen LogP contribution >= 0.6 is 0 Å². The molecule has 2 aliphatic heterocycles. The highest BCUT2D eigenvalue weighted by molar-refractivity contribution is 5.81. The van der Waals surface area contributed by atoms with Gasteiger partial charge in [0.25, 0.3) is 0 Å². The summed E-state index contributed by atoms with van der Waals surface area (Å²) in [6.07, 6.45) is 1.68. The molecule has 1 atom stereocenters. The maximum atomic E-state index is 11.6. The van der Waals surface area contributed by atoms with Gasteiger partial charge in [-0.25, -0.2) is 4.79 Å². The van der Waals surface area contributed by atoms with Crippen LogP contribution in [0.1, 0.15) is 51.7 Å². The van der Waals surface area contributed by atoms with Crippen molar-refractivity contribution in [2.24, 2.45) is 5.92 Å². The fourth-order valence-corrected chi connectivity index (χ4v) is 3.73. The van der Waals surface area contributed by atoms with E-state index in [1.807, 2.05) is 32.9 Å². The minimum Gasteiger partial charge on any atom is -0.496 e. The standard InChI is InChI=1S/C13H16O4.C11H21NO3/c1-8(14)13-6-9-10(7-17-13)12(16-3)5-4-11(9)15-2;1-11(2,3)15-10(14)12-6-4-9(8-13)5-7-12/h4-5,13H,6-7H2,1-3H3;9,13H,4-8H2,1-3H3. The van der Waals surface area contributed by atoms with E-state index in [0.29, 0.717) is 32.0 Å². The summed E-state index contributed by atoms with van der Waals surface area (Å²) in [5.41, 5.74) is 1.56. The first-order chi connectivity index (χ1) is 15.1. The number of nitrogens with zero attached hydrogens (tertiary/aromatic N) is 1. The number of ether oxygens (including phenoxy) is 4. The molecule has 0 aliphatic carbocycles. The summed E-state index contributed by atoms with van der Waals surface area (Å²) in [7, 11) is 3.25. The van der Waals surface area contributed by atoms with E-state index in [1.165, 1.54) is 0 Å². The molecule has 0 bridgehead atoms. The Hall–Kier alpha value is -2.32. The van der Waals surface area contributed by atoms with E-state index >= 15 is 0 Å². The van der Waals surface area contributed by atoms with Crippen molar-refractivity contribution in [1.29, 1.82) is 0 Å². The van der Waals surface area contributed by atoms with Gasteiger partial charge in [0.05, 0.1) is 20.8 Å². The van der Waals surface area contributed by atoms with Gasteiger partial charge in [0.2, 0.25) is 0 Å². The van der Waals surface area contributed by atoms with Crippen LogP contribution in [0.25, 0.3) is 0 Å². The predicted molar refractivity (Wildman–Crippen MR) is 120 cm³/mol. The van der Waals surface area contributed by atoms with E-state index in [2.05, 4.69) is 0 Å². The lowest BCUT2D eigenvalue weighted by atomic mass is 9.95.